The first-order chi connectivity index (χ1) is 14.7. The Hall–Kier alpha value is -2.42. The summed E-state index contributed by atoms with van der Waals surface area (Å²) in [6, 6.07) is 5.61. The van der Waals surface area contributed by atoms with Crippen molar-refractivity contribution in [3.05, 3.63) is 24.3 Å². The number of likely N-dealkylation sites (tertiary alicyclic amines) is 2. The standard InChI is InChI=1S/C22H32N4O4S/c1-16(2)22(28)26-14-8-11-19(26)21(27)23-17-9-7-10-18(15-17)31(29,30)24-20-12-5-4-6-13-25(20)3/h7,9-10,15-16,19H,4-6,8,11-14H2,1-3H3,(H,23,27)/b24-20-. The van der Waals surface area contributed by atoms with E-state index in [1.807, 2.05) is 25.8 Å². The number of hydrogen-bond acceptors (Lipinski definition) is 4. The van der Waals surface area contributed by atoms with E-state index < -0.39 is 16.1 Å². The number of amidine groups is 1. The summed E-state index contributed by atoms with van der Waals surface area (Å²) in [5.41, 5.74) is 0.379. The molecule has 0 radical (unpaired) electrons. The summed E-state index contributed by atoms with van der Waals surface area (Å²) >= 11 is 0. The van der Waals surface area contributed by atoms with Gasteiger partial charge in [-0.15, -0.1) is 4.40 Å². The number of anilines is 1. The van der Waals surface area contributed by atoms with Crippen molar-refractivity contribution in [3.63, 3.8) is 0 Å². The van der Waals surface area contributed by atoms with E-state index in [0.717, 1.165) is 32.2 Å². The van der Waals surface area contributed by atoms with Gasteiger partial charge in [0.15, 0.2) is 0 Å². The molecule has 2 aliphatic rings. The molecular weight excluding hydrogens is 416 g/mol. The van der Waals surface area contributed by atoms with Crippen molar-refractivity contribution in [1.29, 1.82) is 0 Å². The number of nitrogens with zero attached hydrogens (tertiary/aromatic N) is 3. The van der Waals surface area contributed by atoms with Gasteiger partial charge in [0.05, 0.1) is 4.90 Å². The first-order valence-electron chi connectivity index (χ1n) is 11.0. The van der Waals surface area contributed by atoms with Gasteiger partial charge in [-0.3, -0.25) is 9.59 Å². The molecule has 0 saturated carbocycles. The van der Waals surface area contributed by atoms with Gasteiger partial charge in [0, 0.05) is 38.2 Å². The highest BCUT2D eigenvalue weighted by Crippen LogP contribution is 2.23. The third-order valence-electron chi connectivity index (χ3n) is 5.79. The molecule has 0 aromatic heterocycles. The van der Waals surface area contributed by atoms with Crippen molar-refractivity contribution < 1.29 is 18.0 Å². The Bertz CT molecular complexity index is 958. The van der Waals surface area contributed by atoms with E-state index >= 15 is 0 Å². The number of benzene rings is 1. The van der Waals surface area contributed by atoms with Crippen molar-refractivity contribution in [2.24, 2.45) is 10.3 Å². The maximum Gasteiger partial charge on any atom is 0.284 e. The highest BCUT2D eigenvalue weighted by molar-refractivity contribution is 7.90. The van der Waals surface area contributed by atoms with Crippen molar-refractivity contribution in [3.8, 4) is 0 Å². The Morgan fingerprint density at radius 1 is 1.13 bits per heavy atom. The molecule has 1 atom stereocenters. The monoisotopic (exact) mass is 448 g/mol. The van der Waals surface area contributed by atoms with E-state index in [1.165, 1.54) is 12.1 Å². The highest BCUT2D eigenvalue weighted by Gasteiger charge is 2.35. The summed E-state index contributed by atoms with van der Waals surface area (Å²) in [6.07, 6.45) is 5.00. The molecule has 2 fully saturated rings. The van der Waals surface area contributed by atoms with Crippen LogP contribution in [0.2, 0.25) is 0 Å². The molecule has 2 aliphatic heterocycles. The first kappa shape index (κ1) is 23.2. The Labute approximate surface area is 184 Å². The van der Waals surface area contributed by atoms with Gasteiger partial charge in [-0.2, -0.15) is 8.42 Å². The van der Waals surface area contributed by atoms with Crippen LogP contribution in [0.15, 0.2) is 33.6 Å². The molecule has 8 nitrogen and oxygen atoms in total. The fourth-order valence-electron chi connectivity index (χ4n) is 4.03. The average molecular weight is 449 g/mol. The van der Waals surface area contributed by atoms with E-state index in [0.29, 0.717) is 30.9 Å². The maximum atomic E-state index is 12.9. The third-order valence-corrected chi connectivity index (χ3v) is 7.09. The van der Waals surface area contributed by atoms with Gasteiger partial charge < -0.3 is 15.1 Å². The van der Waals surface area contributed by atoms with Crippen molar-refractivity contribution in [2.75, 3.05) is 25.5 Å². The molecule has 1 aromatic rings. The second-order valence-electron chi connectivity index (χ2n) is 8.58. The van der Waals surface area contributed by atoms with E-state index in [1.54, 1.807) is 17.0 Å². The van der Waals surface area contributed by atoms with Crippen LogP contribution < -0.4 is 5.32 Å². The summed E-state index contributed by atoms with van der Waals surface area (Å²) in [5.74, 6) is 0.0528. The molecule has 3 rings (SSSR count). The van der Waals surface area contributed by atoms with Crippen molar-refractivity contribution in [1.82, 2.24) is 9.80 Å². The average Bonchev–Trinajstić information content (AvgIpc) is 3.13. The van der Waals surface area contributed by atoms with Crippen LogP contribution in [0.1, 0.15) is 52.4 Å². The van der Waals surface area contributed by atoms with E-state index in [2.05, 4.69) is 9.71 Å². The predicted molar refractivity (Wildman–Crippen MR) is 120 cm³/mol. The zero-order valence-electron chi connectivity index (χ0n) is 18.5. The van der Waals surface area contributed by atoms with Crippen LogP contribution in [0.4, 0.5) is 5.69 Å². The summed E-state index contributed by atoms with van der Waals surface area (Å²) in [6.45, 7) is 4.99. The number of hydrogen-bond donors (Lipinski definition) is 1. The molecule has 1 aromatic carbocycles. The van der Waals surface area contributed by atoms with E-state index in [-0.39, 0.29) is 22.6 Å². The molecule has 2 heterocycles. The lowest BCUT2D eigenvalue weighted by molar-refractivity contribution is -0.139. The van der Waals surface area contributed by atoms with Gasteiger partial charge in [0.25, 0.3) is 10.0 Å². The SMILES string of the molecule is CC(C)C(=O)N1CCCC1C(=O)Nc1cccc(S(=O)(=O)/N=C2/CCCCCN2C)c1. The van der Waals surface area contributed by atoms with Crippen LogP contribution in [0.25, 0.3) is 0 Å². The molecule has 0 aliphatic carbocycles. The van der Waals surface area contributed by atoms with Gasteiger partial charge in [0.1, 0.15) is 11.9 Å². The molecule has 9 heteroatoms. The maximum absolute atomic E-state index is 12.9. The minimum Gasteiger partial charge on any atom is -0.362 e. The van der Waals surface area contributed by atoms with E-state index in [4.69, 9.17) is 0 Å². The fourth-order valence-corrected chi connectivity index (χ4v) is 5.17. The number of nitrogens with one attached hydrogen (secondary N) is 1. The quantitative estimate of drug-likeness (QED) is 0.747. The Balaban J connectivity index is 1.77. The molecule has 31 heavy (non-hydrogen) atoms. The summed E-state index contributed by atoms with van der Waals surface area (Å²) in [4.78, 5) is 28.8. The lowest BCUT2D eigenvalue weighted by Crippen LogP contribution is -2.44. The number of amides is 2. The summed E-state index contributed by atoms with van der Waals surface area (Å²) in [5, 5.41) is 2.79. The van der Waals surface area contributed by atoms with E-state index in [9.17, 15) is 18.0 Å². The molecule has 2 amide bonds. The largest absolute Gasteiger partial charge is 0.362 e. The van der Waals surface area contributed by atoms with Gasteiger partial charge in [-0.25, -0.2) is 0 Å². The van der Waals surface area contributed by atoms with Gasteiger partial charge >= 0.3 is 0 Å². The fraction of sp³-hybridized carbons (Fsp3) is 0.591. The second-order valence-corrected chi connectivity index (χ2v) is 10.2. The first-order valence-corrected chi connectivity index (χ1v) is 12.4. The van der Waals surface area contributed by atoms with Crippen molar-refractivity contribution >= 4 is 33.4 Å². The lowest BCUT2D eigenvalue weighted by Gasteiger charge is -2.25. The minimum atomic E-state index is -3.89. The van der Waals surface area contributed by atoms with Crippen LogP contribution in [-0.4, -0.2) is 62.0 Å². The van der Waals surface area contributed by atoms with Crippen LogP contribution in [0, 0.1) is 5.92 Å². The zero-order chi connectivity index (χ0) is 22.6. The summed E-state index contributed by atoms with van der Waals surface area (Å²) < 4.78 is 29.9. The number of sulfonamides is 1. The van der Waals surface area contributed by atoms with Crippen molar-refractivity contribution in [2.45, 2.75) is 63.3 Å². The molecule has 0 bridgehead atoms. The Kier molecular flexibility index (Phi) is 7.35. The van der Waals surface area contributed by atoms with Gasteiger partial charge in [-0.1, -0.05) is 26.3 Å². The molecule has 170 valence electrons. The molecule has 1 N–H and O–H groups in total. The molecule has 0 spiro atoms. The third kappa shape index (κ3) is 5.64. The normalized spacial score (nSPS) is 21.4. The number of carbonyl (C=O) groups excluding carboxylic acids is 2. The molecule has 1 unspecified atom stereocenters. The highest BCUT2D eigenvalue weighted by atomic mass is 32.2. The van der Waals surface area contributed by atoms with Crippen LogP contribution in [-0.2, 0) is 19.6 Å². The molecular formula is C22H32N4O4S. The Morgan fingerprint density at radius 3 is 2.65 bits per heavy atom. The number of rotatable bonds is 5. The van der Waals surface area contributed by atoms with Crippen LogP contribution in [0.3, 0.4) is 0 Å². The minimum absolute atomic E-state index is 0.0389. The lowest BCUT2D eigenvalue weighted by atomic mass is 10.1. The molecule has 2 saturated heterocycles. The number of carbonyl (C=O) groups is 2. The summed E-state index contributed by atoms with van der Waals surface area (Å²) in [7, 11) is -2.03. The second kappa shape index (κ2) is 9.80. The zero-order valence-corrected chi connectivity index (χ0v) is 19.3. The van der Waals surface area contributed by atoms with Crippen LogP contribution in [0.5, 0.6) is 0 Å². The Morgan fingerprint density at radius 2 is 1.90 bits per heavy atom. The predicted octanol–water partition coefficient (Wildman–Crippen LogP) is 2.87. The topological polar surface area (TPSA) is 99.2 Å². The van der Waals surface area contributed by atoms with Gasteiger partial charge in [0.2, 0.25) is 11.8 Å². The van der Waals surface area contributed by atoms with Crippen LogP contribution >= 0.6 is 0 Å². The van der Waals surface area contributed by atoms with Gasteiger partial charge in [-0.05, 0) is 43.9 Å². The smallest absolute Gasteiger partial charge is 0.284 e.